The molecule has 2 aromatic rings. The summed E-state index contributed by atoms with van der Waals surface area (Å²) in [7, 11) is 1.86. The van der Waals surface area contributed by atoms with Gasteiger partial charge in [0, 0.05) is 6.04 Å². The Morgan fingerprint density at radius 1 is 1.38 bits per heavy atom. The molecule has 2 nitrogen and oxygen atoms in total. The summed E-state index contributed by atoms with van der Waals surface area (Å²) in [5, 5.41) is 3.30. The molecule has 1 heterocycles. The van der Waals surface area contributed by atoms with Gasteiger partial charge in [0.1, 0.15) is 5.58 Å². The van der Waals surface area contributed by atoms with Crippen molar-refractivity contribution in [1.29, 1.82) is 0 Å². The zero-order valence-electron chi connectivity index (χ0n) is 9.18. The summed E-state index contributed by atoms with van der Waals surface area (Å²) >= 11 is 0. The van der Waals surface area contributed by atoms with E-state index < -0.39 is 11.8 Å². The molecule has 0 aliphatic carbocycles. The minimum atomic E-state index is -1.14. The van der Waals surface area contributed by atoms with E-state index in [2.05, 4.69) is 9.73 Å². The fourth-order valence-corrected chi connectivity index (χ4v) is 1.67. The molecule has 1 aromatic carbocycles. The Labute approximate surface area is 92.2 Å². The number of hydrogen-bond acceptors (Lipinski definition) is 2. The molecule has 0 spiro atoms. The van der Waals surface area contributed by atoms with Crippen molar-refractivity contribution >= 4 is 11.0 Å². The first-order valence-electron chi connectivity index (χ1n) is 5.15. The Hall–Kier alpha value is -1.42. The number of fused-ring (bicyclic) bond motifs is 1. The van der Waals surface area contributed by atoms with Crippen LogP contribution >= 0.6 is 0 Å². The lowest BCUT2D eigenvalue weighted by Crippen LogP contribution is -2.23. The van der Waals surface area contributed by atoms with Crippen LogP contribution in [0, 0.1) is 11.8 Å². The number of hydrogen-bond donors (Lipinski definition) is 1. The first kappa shape index (κ1) is 11.1. The summed E-state index contributed by atoms with van der Waals surface area (Å²) in [6.45, 7) is 2.02. The fourth-order valence-electron chi connectivity index (χ4n) is 1.67. The fraction of sp³-hybridized carbons (Fsp3) is 0.333. The quantitative estimate of drug-likeness (QED) is 0.868. The molecule has 0 amide bonds. The minimum Gasteiger partial charge on any atom is -0.429 e. The van der Waals surface area contributed by atoms with Crippen molar-refractivity contribution in [2.75, 3.05) is 7.05 Å². The number of furan rings is 1. The topological polar surface area (TPSA) is 25.2 Å². The van der Waals surface area contributed by atoms with E-state index in [0.29, 0.717) is 0 Å². The molecule has 86 valence electrons. The van der Waals surface area contributed by atoms with Gasteiger partial charge in [-0.15, -0.1) is 0 Å². The summed E-state index contributed by atoms with van der Waals surface area (Å²) in [5.74, 6) is -0.908. The highest BCUT2D eigenvalue weighted by Gasteiger charge is 2.14. The van der Waals surface area contributed by atoms with Crippen LogP contribution in [0.2, 0.25) is 0 Å². The van der Waals surface area contributed by atoms with Crippen LogP contribution in [0.3, 0.4) is 0 Å². The molecule has 0 saturated carbocycles. The summed E-state index contributed by atoms with van der Waals surface area (Å²) in [4.78, 5) is 0. The predicted octanol–water partition coefficient (Wildman–Crippen LogP) is 2.86. The van der Waals surface area contributed by atoms with Gasteiger partial charge in [-0.25, -0.2) is 0 Å². The zero-order chi connectivity index (χ0) is 11.7. The molecule has 2 rings (SSSR count). The molecule has 0 fully saturated rings. The lowest BCUT2D eigenvalue weighted by atomic mass is 10.1. The first-order chi connectivity index (χ1) is 7.61. The molecule has 4 heteroatoms. The first-order valence-corrected chi connectivity index (χ1v) is 5.15. The summed E-state index contributed by atoms with van der Waals surface area (Å²) in [5.41, 5.74) is 1.20. The molecular formula is C12H13F2NO. The van der Waals surface area contributed by atoms with Gasteiger partial charge in [-0.1, -0.05) is 6.07 Å². The van der Waals surface area contributed by atoms with Crippen molar-refractivity contribution in [2.45, 2.75) is 19.4 Å². The average Bonchev–Trinajstić information content (AvgIpc) is 2.55. The number of halogens is 2. The van der Waals surface area contributed by atoms with Crippen molar-refractivity contribution in [2.24, 2.45) is 0 Å². The van der Waals surface area contributed by atoms with E-state index >= 15 is 0 Å². The van der Waals surface area contributed by atoms with Gasteiger partial charge >= 0.3 is 6.01 Å². The van der Waals surface area contributed by atoms with Crippen molar-refractivity contribution in [3.05, 3.63) is 35.6 Å². The molecule has 1 aromatic heterocycles. The van der Waals surface area contributed by atoms with Crippen LogP contribution in [0.15, 0.2) is 22.6 Å². The van der Waals surface area contributed by atoms with Gasteiger partial charge in [-0.2, -0.15) is 8.78 Å². The van der Waals surface area contributed by atoms with Crippen molar-refractivity contribution < 1.29 is 13.2 Å². The maximum Gasteiger partial charge on any atom is 0.315 e. The molecule has 0 aliphatic heterocycles. The standard InChI is InChI=1S/C12H13F2NO/c1-7(15-2)5-8-3-4-10-9(6-8)11(13)12(14)16-10/h3-4,6-7,15H,5H2,1-2H3. The van der Waals surface area contributed by atoms with E-state index in [1.165, 1.54) is 0 Å². The van der Waals surface area contributed by atoms with Gasteiger partial charge in [0.15, 0.2) is 0 Å². The molecule has 0 bridgehead atoms. The second-order valence-corrected chi connectivity index (χ2v) is 3.91. The SMILES string of the molecule is CNC(C)Cc1ccc2oc(F)c(F)c2c1. The Morgan fingerprint density at radius 2 is 2.12 bits per heavy atom. The molecular weight excluding hydrogens is 212 g/mol. The number of rotatable bonds is 3. The monoisotopic (exact) mass is 225 g/mol. The van der Waals surface area contributed by atoms with E-state index in [0.717, 1.165) is 12.0 Å². The Bertz CT molecular complexity index is 507. The van der Waals surface area contributed by atoms with Crippen molar-refractivity contribution in [3.8, 4) is 0 Å². The van der Waals surface area contributed by atoms with Crippen LogP contribution < -0.4 is 5.32 Å². The van der Waals surface area contributed by atoms with Gasteiger partial charge in [0.05, 0.1) is 5.39 Å². The smallest absolute Gasteiger partial charge is 0.315 e. The third kappa shape index (κ3) is 1.93. The Kier molecular flexibility index (Phi) is 2.92. The summed E-state index contributed by atoms with van der Waals surface area (Å²) in [6, 6.07) is 4.19. The van der Waals surface area contributed by atoms with Gasteiger partial charge in [-0.3, -0.25) is 0 Å². The van der Waals surface area contributed by atoms with Crippen LogP contribution in [-0.2, 0) is 6.42 Å². The molecule has 1 atom stereocenters. The molecule has 1 unspecified atom stereocenters. The predicted molar refractivity (Wildman–Crippen MR) is 58.4 cm³/mol. The minimum absolute atomic E-state index is 0.207. The Morgan fingerprint density at radius 3 is 2.81 bits per heavy atom. The van der Waals surface area contributed by atoms with Crippen molar-refractivity contribution in [1.82, 2.24) is 5.32 Å². The van der Waals surface area contributed by atoms with Crippen LogP contribution in [0.4, 0.5) is 8.78 Å². The van der Waals surface area contributed by atoms with Crippen LogP contribution in [0.5, 0.6) is 0 Å². The third-order valence-electron chi connectivity index (χ3n) is 2.69. The van der Waals surface area contributed by atoms with Crippen LogP contribution in [0.1, 0.15) is 12.5 Å². The second kappa shape index (κ2) is 4.22. The van der Waals surface area contributed by atoms with E-state index in [4.69, 9.17) is 0 Å². The molecule has 16 heavy (non-hydrogen) atoms. The number of nitrogens with one attached hydrogen (secondary N) is 1. The maximum atomic E-state index is 13.3. The van der Waals surface area contributed by atoms with Gasteiger partial charge in [-0.05, 0) is 38.1 Å². The Balaban J connectivity index is 2.39. The molecule has 1 N–H and O–H groups in total. The third-order valence-corrected chi connectivity index (χ3v) is 2.69. The largest absolute Gasteiger partial charge is 0.429 e. The van der Waals surface area contributed by atoms with E-state index in [-0.39, 0.29) is 17.0 Å². The van der Waals surface area contributed by atoms with Crippen LogP contribution in [0.25, 0.3) is 11.0 Å². The molecule has 0 radical (unpaired) electrons. The molecule has 0 aliphatic rings. The highest BCUT2D eigenvalue weighted by Crippen LogP contribution is 2.24. The molecule has 0 saturated heterocycles. The highest BCUT2D eigenvalue weighted by molar-refractivity contribution is 5.78. The van der Waals surface area contributed by atoms with E-state index in [1.807, 2.05) is 20.0 Å². The normalized spacial score (nSPS) is 13.2. The number of likely N-dealkylation sites (N-methyl/N-ethyl adjacent to an activating group) is 1. The zero-order valence-corrected chi connectivity index (χ0v) is 9.18. The van der Waals surface area contributed by atoms with Gasteiger partial charge in [0.2, 0.25) is 5.82 Å². The van der Waals surface area contributed by atoms with E-state index in [1.54, 1.807) is 12.1 Å². The lowest BCUT2D eigenvalue weighted by Gasteiger charge is -2.09. The summed E-state index contributed by atoms with van der Waals surface area (Å²) < 4.78 is 30.7. The van der Waals surface area contributed by atoms with Gasteiger partial charge in [0.25, 0.3) is 0 Å². The average molecular weight is 225 g/mol. The van der Waals surface area contributed by atoms with Crippen molar-refractivity contribution in [3.63, 3.8) is 0 Å². The second-order valence-electron chi connectivity index (χ2n) is 3.91. The highest BCUT2D eigenvalue weighted by atomic mass is 19.2. The maximum absolute atomic E-state index is 13.3. The number of benzene rings is 1. The van der Waals surface area contributed by atoms with E-state index in [9.17, 15) is 8.78 Å². The lowest BCUT2D eigenvalue weighted by molar-refractivity contribution is 0.343. The van der Waals surface area contributed by atoms with Gasteiger partial charge < -0.3 is 9.73 Å². The van der Waals surface area contributed by atoms with Crippen LogP contribution in [-0.4, -0.2) is 13.1 Å². The summed E-state index contributed by atoms with van der Waals surface area (Å²) in [6.07, 6.45) is 0.763.